The normalized spacial score (nSPS) is 11.7. The Morgan fingerprint density at radius 3 is 2.49 bits per heavy atom. The smallest absolute Gasteiger partial charge is 0.339 e. The first-order valence-corrected chi connectivity index (χ1v) is 11.7. The Hall–Kier alpha value is -3.87. The maximum atomic E-state index is 13.6. The Kier molecular flexibility index (Phi) is 5.71. The number of benzene rings is 2. The van der Waals surface area contributed by atoms with E-state index >= 15 is 0 Å². The number of fused-ring (bicyclic) bond motifs is 3. The number of nitrogens with one attached hydrogen (secondary N) is 2. The molecule has 3 aromatic heterocycles. The lowest BCUT2D eigenvalue weighted by Crippen LogP contribution is -2.26. The minimum absolute atomic E-state index is 0.150. The highest BCUT2D eigenvalue weighted by molar-refractivity contribution is 6.00. The molecule has 0 atom stereocenters. The lowest BCUT2D eigenvalue weighted by atomic mass is 9.98. The first kappa shape index (κ1) is 22.9. The van der Waals surface area contributed by atoms with Gasteiger partial charge in [0.1, 0.15) is 22.7 Å². The molecule has 0 bridgehead atoms. The number of carbonyl (C=O) groups excluding carboxylic acids is 1. The molecule has 2 aromatic carbocycles. The number of amides is 1. The van der Waals surface area contributed by atoms with E-state index in [2.05, 4.69) is 10.3 Å². The topological polar surface area (TPSA) is 88.2 Å². The summed E-state index contributed by atoms with van der Waals surface area (Å²) in [6.07, 6.45) is 2.87. The van der Waals surface area contributed by atoms with Crippen LogP contribution in [0.4, 0.5) is 4.39 Å². The van der Waals surface area contributed by atoms with Crippen LogP contribution in [0.15, 0.2) is 44.1 Å². The fourth-order valence-corrected chi connectivity index (χ4v) is 4.80. The minimum Gasteiger partial charge on any atom is -0.461 e. The zero-order valence-corrected chi connectivity index (χ0v) is 20.2. The molecular weight excluding hydrogens is 447 g/mol. The van der Waals surface area contributed by atoms with E-state index < -0.39 is 5.63 Å². The third kappa shape index (κ3) is 4.01. The Morgan fingerprint density at radius 1 is 0.943 bits per heavy atom. The van der Waals surface area contributed by atoms with Gasteiger partial charge in [0, 0.05) is 52.0 Å². The lowest BCUT2D eigenvalue weighted by Gasteiger charge is -2.10. The monoisotopic (exact) mass is 474 g/mol. The predicted octanol–water partition coefficient (Wildman–Crippen LogP) is 5.68. The largest absolute Gasteiger partial charge is 0.461 e. The van der Waals surface area contributed by atoms with Crippen LogP contribution in [0.1, 0.15) is 40.0 Å². The Labute approximate surface area is 201 Å². The van der Waals surface area contributed by atoms with E-state index in [0.717, 1.165) is 55.3 Å². The van der Waals surface area contributed by atoms with E-state index in [9.17, 15) is 14.0 Å². The second kappa shape index (κ2) is 8.73. The van der Waals surface area contributed by atoms with Crippen LogP contribution < -0.4 is 10.9 Å². The molecule has 0 spiro atoms. The molecule has 5 rings (SSSR count). The molecule has 0 unspecified atom stereocenters. The van der Waals surface area contributed by atoms with Gasteiger partial charge in [-0.05, 0) is 81.5 Å². The fraction of sp³-hybridized carbons (Fsp3) is 0.286. The molecule has 1 amide bonds. The molecule has 0 aliphatic carbocycles. The van der Waals surface area contributed by atoms with Crippen LogP contribution in [0.5, 0.6) is 0 Å². The summed E-state index contributed by atoms with van der Waals surface area (Å²) in [6.45, 7) is 8.15. The summed E-state index contributed by atoms with van der Waals surface area (Å²) >= 11 is 0. The van der Waals surface area contributed by atoms with Crippen LogP contribution in [0.25, 0.3) is 32.8 Å². The summed E-state index contributed by atoms with van der Waals surface area (Å²) < 4.78 is 25.1. The first-order chi connectivity index (χ1) is 16.7. The molecule has 0 saturated carbocycles. The molecule has 3 heterocycles. The summed E-state index contributed by atoms with van der Waals surface area (Å²) in [7, 11) is 0. The maximum absolute atomic E-state index is 13.6. The maximum Gasteiger partial charge on any atom is 0.339 e. The third-order valence-corrected chi connectivity index (χ3v) is 6.99. The van der Waals surface area contributed by atoms with Gasteiger partial charge in [0.25, 0.3) is 0 Å². The Bertz CT molecular complexity index is 1670. The molecule has 0 fully saturated rings. The zero-order valence-electron chi connectivity index (χ0n) is 20.2. The van der Waals surface area contributed by atoms with Gasteiger partial charge in [0.05, 0.1) is 0 Å². The second-order valence-corrected chi connectivity index (χ2v) is 9.14. The number of hydrogen-bond donors (Lipinski definition) is 2. The van der Waals surface area contributed by atoms with E-state index in [-0.39, 0.29) is 24.6 Å². The molecule has 180 valence electrons. The highest BCUT2D eigenvalue weighted by atomic mass is 19.1. The zero-order chi connectivity index (χ0) is 24.9. The predicted molar refractivity (Wildman–Crippen MR) is 134 cm³/mol. The molecule has 0 aliphatic heterocycles. The molecular formula is C28H27FN2O4. The summed E-state index contributed by atoms with van der Waals surface area (Å²) in [5.74, 6) is 0.400. The van der Waals surface area contributed by atoms with Gasteiger partial charge in [-0.25, -0.2) is 9.18 Å². The lowest BCUT2D eigenvalue weighted by molar-refractivity contribution is -0.121. The summed E-state index contributed by atoms with van der Waals surface area (Å²) in [5, 5.41) is 5.58. The molecule has 0 saturated heterocycles. The number of carbonyl (C=O) groups is 1. The molecule has 35 heavy (non-hydrogen) atoms. The van der Waals surface area contributed by atoms with Crippen molar-refractivity contribution in [2.45, 2.75) is 47.0 Å². The van der Waals surface area contributed by atoms with Crippen molar-refractivity contribution in [1.29, 1.82) is 0 Å². The highest BCUT2D eigenvalue weighted by Gasteiger charge is 2.19. The van der Waals surface area contributed by atoms with Crippen LogP contribution in [0.3, 0.4) is 0 Å². The van der Waals surface area contributed by atoms with Crippen molar-refractivity contribution in [2.24, 2.45) is 0 Å². The molecule has 0 aliphatic rings. The standard InChI is InChI=1S/C28H27FN2O4/c1-14-17(4)34-26-16(3)27-22(12-21(14)26)15(2)20(28(33)35-27)6-8-25(32)30-10-9-18-13-31-24-7-5-19(29)11-23(18)24/h5,7,11-13,31H,6,8-10H2,1-4H3,(H,30,32). The van der Waals surface area contributed by atoms with Crippen molar-refractivity contribution in [2.75, 3.05) is 6.54 Å². The molecule has 0 radical (unpaired) electrons. The fourth-order valence-electron chi connectivity index (χ4n) is 4.80. The number of rotatable bonds is 6. The Morgan fingerprint density at radius 2 is 1.69 bits per heavy atom. The highest BCUT2D eigenvalue weighted by Crippen LogP contribution is 2.34. The van der Waals surface area contributed by atoms with Gasteiger partial charge >= 0.3 is 5.63 Å². The van der Waals surface area contributed by atoms with E-state index in [1.54, 1.807) is 6.07 Å². The van der Waals surface area contributed by atoms with E-state index in [0.29, 0.717) is 24.1 Å². The van der Waals surface area contributed by atoms with Gasteiger partial charge in [-0.3, -0.25) is 4.79 Å². The number of aromatic nitrogens is 1. The number of furan rings is 1. The van der Waals surface area contributed by atoms with Crippen LogP contribution in [-0.4, -0.2) is 17.4 Å². The van der Waals surface area contributed by atoms with Gasteiger partial charge in [0.15, 0.2) is 0 Å². The van der Waals surface area contributed by atoms with E-state index in [1.807, 2.05) is 40.0 Å². The average molecular weight is 475 g/mol. The Balaban J connectivity index is 1.30. The van der Waals surface area contributed by atoms with Gasteiger partial charge in [0.2, 0.25) is 5.91 Å². The average Bonchev–Trinajstić information content (AvgIpc) is 3.35. The second-order valence-electron chi connectivity index (χ2n) is 9.14. The summed E-state index contributed by atoms with van der Waals surface area (Å²) in [4.78, 5) is 28.4. The molecule has 5 aromatic rings. The molecule has 7 heteroatoms. The number of H-pyrrole nitrogens is 1. The molecule has 2 N–H and O–H groups in total. The number of hydrogen-bond acceptors (Lipinski definition) is 4. The molecule has 6 nitrogen and oxygen atoms in total. The minimum atomic E-state index is -0.425. The number of aromatic amines is 1. The summed E-state index contributed by atoms with van der Waals surface area (Å²) in [5.41, 5.74) is 5.84. The van der Waals surface area contributed by atoms with Gasteiger partial charge in [-0.2, -0.15) is 0 Å². The van der Waals surface area contributed by atoms with E-state index in [4.69, 9.17) is 8.83 Å². The van der Waals surface area contributed by atoms with Crippen LogP contribution in [-0.2, 0) is 17.6 Å². The number of aryl methyl sites for hydroxylation is 4. The van der Waals surface area contributed by atoms with Crippen molar-refractivity contribution in [3.63, 3.8) is 0 Å². The van der Waals surface area contributed by atoms with Gasteiger partial charge < -0.3 is 19.1 Å². The van der Waals surface area contributed by atoms with E-state index in [1.165, 1.54) is 12.1 Å². The van der Waals surface area contributed by atoms with Crippen molar-refractivity contribution in [3.8, 4) is 0 Å². The van der Waals surface area contributed by atoms with Crippen molar-refractivity contribution >= 4 is 38.7 Å². The number of halogens is 1. The van der Waals surface area contributed by atoms with Gasteiger partial charge in [-0.1, -0.05) is 0 Å². The quantitative estimate of drug-likeness (QED) is 0.310. The van der Waals surface area contributed by atoms with Crippen molar-refractivity contribution in [3.05, 3.63) is 80.3 Å². The van der Waals surface area contributed by atoms with Crippen molar-refractivity contribution in [1.82, 2.24) is 10.3 Å². The van der Waals surface area contributed by atoms with Crippen molar-refractivity contribution < 1.29 is 18.0 Å². The third-order valence-electron chi connectivity index (χ3n) is 6.99. The summed E-state index contributed by atoms with van der Waals surface area (Å²) in [6, 6.07) is 6.62. The van der Waals surface area contributed by atoms with Crippen LogP contribution in [0, 0.1) is 33.5 Å². The van der Waals surface area contributed by atoms with Crippen LogP contribution in [0.2, 0.25) is 0 Å². The van der Waals surface area contributed by atoms with Gasteiger partial charge in [-0.15, -0.1) is 0 Å². The SMILES string of the molecule is Cc1oc2c(C)c3oc(=O)c(CCC(=O)NCCc4c[nH]c5ccc(F)cc45)c(C)c3cc2c1C. The first-order valence-electron chi connectivity index (χ1n) is 11.7. The van der Waals surface area contributed by atoms with Crippen LogP contribution >= 0.6 is 0 Å².